The fraction of sp³-hybridized carbons (Fsp3) is 0.375. The van der Waals surface area contributed by atoms with E-state index in [9.17, 15) is 9.59 Å². The minimum absolute atomic E-state index is 0.230. The molecule has 1 N–H and O–H groups in total. The molecule has 1 aliphatic carbocycles. The number of nitrogens with zero attached hydrogens (tertiary/aromatic N) is 3. The molecule has 2 heterocycles. The highest BCUT2D eigenvalue weighted by atomic mass is 16.2. The Hall–Kier alpha value is -2.50. The Bertz CT molecular complexity index is 782. The summed E-state index contributed by atoms with van der Waals surface area (Å²) in [6, 6.07) is 2.76. The number of aryl methyl sites for hydroxylation is 3. The number of nitrogens with one attached hydrogen (secondary N) is 1. The van der Waals surface area contributed by atoms with E-state index in [-0.39, 0.29) is 11.5 Å². The summed E-state index contributed by atoms with van der Waals surface area (Å²) in [6.45, 7) is 3.57. The molecule has 0 radical (unpaired) electrons. The first-order valence-corrected chi connectivity index (χ1v) is 7.39. The van der Waals surface area contributed by atoms with Gasteiger partial charge in [0.15, 0.2) is 0 Å². The molecule has 114 valence electrons. The van der Waals surface area contributed by atoms with Crippen molar-refractivity contribution in [3.8, 4) is 0 Å². The molecule has 0 spiro atoms. The van der Waals surface area contributed by atoms with Gasteiger partial charge < -0.3 is 5.32 Å². The van der Waals surface area contributed by atoms with Gasteiger partial charge in [0.2, 0.25) is 5.91 Å². The molecule has 2 aromatic rings. The van der Waals surface area contributed by atoms with Gasteiger partial charge in [-0.25, -0.2) is 4.68 Å². The third kappa shape index (κ3) is 2.64. The molecule has 1 aliphatic rings. The highest BCUT2D eigenvalue weighted by Gasteiger charge is 2.21. The van der Waals surface area contributed by atoms with E-state index in [0.717, 1.165) is 36.1 Å². The maximum Gasteiger partial charge on any atom is 0.267 e. The number of aromatic nitrogens is 3. The van der Waals surface area contributed by atoms with Crippen LogP contribution in [0.2, 0.25) is 0 Å². The molecule has 1 amide bonds. The van der Waals surface area contributed by atoms with E-state index in [1.165, 1.54) is 4.68 Å². The van der Waals surface area contributed by atoms with Crippen molar-refractivity contribution in [3.05, 3.63) is 51.7 Å². The quantitative estimate of drug-likeness (QED) is 0.934. The van der Waals surface area contributed by atoms with Crippen molar-refractivity contribution in [2.24, 2.45) is 0 Å². The van der Waals surface area contributed by atoms with E-state index in [1.54, 1.807) is 25.4 Å². The maximum atomic E-state index is 12.4. The predicted molar refractivity (Wildman–Crippen MR) is 82.8 cm³/mol. The van der Waals surface area contributed by atoms with Gasteiger partial charge in [-0.05, 0) is 50.3 Å². The molecular weight excluding hydrogens is 280 g/mol. The van der Waals surface area contributed by atoms with Crippen molar-refractivity contribution in [2.45, 2.75) is 39.2 Å². The van der Waals surface area contributed by atoms with Crippen LogP contribution in [0.5, 0.6) is 0 Å². The first-order chi connectivity index (χ1) is 10.6. The van der Waals surface area contributed by atoms with Crippen molar-refractivity contribution < 1.29 is 4.79 Å². The van der Waals surface area contributed by atoms with Crippen LogP contribution in [0, 0.1) is 6.92 Å². The number of hydrogen-bond acceptors (Lipinski definition) is 4. The molecule has 0 aromatic carbocycles. The first-order valence-electron chi connectivity index (χ1n) is 7.39. The van der Waals surface area contributed by atoms with E-state index in [0.29, 0.717) is 5.69 Å². The Morgan fingerprint density at radius 3 is 3.00 bits per heavy atom. The minimum atomic E-state index is -0.669. The number of rotatable bonds is 3. The largest absolute Gasteiger partial charge is 0.323 e. The lowest BCUT2D eigenvalue weighted by molar-refractivity contribution is -0.119. The highest BCUT2D eigenvalue weighted by Crippen LogP contribution is 2.19. The van der Waals surface area contributed by atoms with Gasteiger partial charge >= 0.3 is 0 Å². The van der Waals surface area contributed by atoms with Crippen molar-refractivity contribution in [1.82, 2.24) is 14.8 Å². The predicted octanol–water partition coefficient (Wildman–Crippen LogP) is 1.64. The number of carbonyl (C=O) groups excluding carboxylic acids is 1. The maximum absolute atomic E-state index is 12.4. The Morgan fingerprint density at radius 1 is 1.41 bits per heavy atom. The van der Waals surface area contributed by atoms with Gasteiger partial charge in [0.25, 0.3) is 5.56 Å². The average Bonchev–Trinajstić information content (AvgIpc) is 2.95. The second-order valence-electron chi connectivity index (χ2n) is 5.61. The summed E-state index contributed by atoms with van der Waals surface area (Å²) in [5, 5.41) is 7.17. The van der Waals surface area contributed by atoms with E-state index in [1.807, 2.05) is 13.0 Å². The molecule has 6 nitrogen and oxygen atoms in total. The third-order valence-corrected chi connectivity index (χ3v) is 4.03. The van der Waals surface area contributed by atoms with Gasteiger partial charge in [0.1, 0.15) is 6.04 Å². The summed E-state index contributed by atoms with van der Waals surface area (Å²) < 4.78 is 1.27. The first kappa shape index (κ1) is 14.4. The number of fused-ring (bicyclic) bond motifs is 1. The molecule has 0 bridgehead atoms. The van der Waals surface area contributed by atoms with Crippen LogP contribution in [-0.2, 0) is 17.6 Å². The number of amides is 1. The summed E-state index contributed by atoms with van der Waals surface area (Å²) in [4.78, 5) is 28.5. The standard InChI is InChI=1S/C16H18N4O2/c1-10-6-7-17-9-14(10)18-16(22)11(2)20-15(21)8-12-4-3-5-13(12)19-20/h6-9,11H,3-5H2,1-2H3,(H,18,22). The Kier molecular flexibility index (Phi) is 3.75. The lowest BCUT2D eigenvalue weighted by Gasteiger charge is -2.15. The summed E-state index contributed by atoms with van der Waals surface area (Å²) in [5.74, 6) is -0.274. The van der Waals surface area contributed by atoms with Gasteiger partial charge in [-0.1, -0.05) is 0 Å². The number of hydrogen-bond donors (Lipinski definition) is 1. The SMILES string of the molecule is Cc1ccncc1NC(=O)C(C)n1nc2c(cc1=O)CCC2. The van der Waals surface area contributed by atoms with Crippen LogP contribution in [0.1, 0.15) is 36.2 Å². The van der Waals surface area contributed by atoms with Crippen LogP contribution >= 0.6 is 0 Å². The van der Waals surface area contributed by atoms with Gasteiger partial charge in [-0.2, -0.15) is 5.10 Å². The van der Waals surface area contributed by atoms with Gasteiger partial charge in [0, 0.05) is 12.3 Å². The average molecular weight is 298 g/mol. The van der Waals surface area contributed by atoms with Crippen LogP contribution in [0.25, 0.3) is 0 Å². The molecule has 1 atom stereocenters. The topological polar surface area (TPSA) is 76.9 Å². The lowest BCUT2D eigenvalue weighted by Crippen LogP contribution is -2.34. The molecule has 6 heteroatoms. The summed E-state index contributed by atoms with van der Waals surface area (Å²) in [7, 11) is 0. The van der Waals surface area contributed by atoms with Crippen LogP contribution in [-0.4, -0.2) is 20.7 Å². The van der Waals surface area contributed by atoms with Crippen LogP contribution < -0.4 is 10.9 Å². The van der Waals surface area contributed by atoms with Crippen molar-refractivity contribution >= 4 is 11.6 Å². The van der Waals surface area contributed by atoms with E-state index in [2.05, 4.69) is 15.4 Å². The Morgan fingerprint density at radius 2 is 2.23 bits per heavy atom. The molecule has 1 unspecified atom stereocenters. The minimum Gasteiger partial charge on any atom is -0.323 e. The second kappa shape index (κ2) is 5.71. The zero-order valence-electron chi connectivity index (χ0n) is 12.7. The van der Waals surface area contributed by atoms with Crippen molar-refractivity contribution in [1.29, 1.82) is 0 Å². The van der Waals surface area contributed by atoms with Crippen molar-refractivity contribution in [3.63, 3.8) is 0 Å². The number of anilines is 1. The molecular formula is C16H18N4O2. The molecule has 3 rings (SSSR count). The monoisotopic (exact) mass is 298 g/mol. The van der Waals surface area contributed by atoms with Crippen molar-refractivity contribution in [2.75, 3.05) is 5.32 Å². The summed E-state index contributed by atoms with van der Waals surface area (Å²) in [6.07, 6.45) is 6.04. The van der Waals surface area contributed by atoms with Gasteiger partial charge in [-0.15, -0.1) is 0 Å². The molecule has 0 saturated carbocycles. The van der Waals surface area contributed by atoms with E-state index >= 15 is 0 Å². The van der Waals surface area contributed by atoms with E-state index in [4.69, 9.17) is 0 Å². The van der Waals surface area contributed by atoms with E-state index < -0.39 is 6.04 Å². The van der Waals surface area contributed by atoms with Gasteiger partial charge in [0.05, 0.1) is 17.6 Å². The summed E-state index contributed by atoms with van der Waals surface area (Å²) >= 11 is 0. The molecule has 0 fully saturated rings. The zero-order chi connectivity index (χ0) is 15.7. The van der Waals surface area contributed by atoms with Crippen LogP contribution in [0.4, 0.5) is 5.69 Å². The highest BCUT2D eigenvalue weighted by molar-refractivity contribution is 5.93. The molecule has 0 saturated heterocycles. The molecule has 2 aromatic heterocycles. The normalized spacial score (nSPS) is 14.5. The smallest absolute Gasteiger partial charge is 0.267 e. The fourth-order valence-electron chi connectivity index (χ4n) is 2.64. The fourth-order valence-corrected chi connectivity index (χ4v) is 2.64. The van der Waals surface area contributed by atoms with Crippen LogP contribution in [0.3, 0.4) is 0 Å². The zero-order valence-corrected chi connectivity index (χ0v) is 12.7. The van der Waals surface area contributed by atoms with Gasteiger partial charge in [-0.3, -0.25) is 14.6 Å². The number of pyridine rings is 1. The number of carbonyl (C=O) groups is 1. The second-order valence-corrected chi connectivity index (χ2v) is 5.61. The molecule has 22 heavy (non-hydrogen) atoms. The molecule has 0 aliphatic heterocycles. The Labute approximate surface area is 128 Å². The van der Waals surface area contributed by atoms with Crippen LogP contribution in [0.15, 0.2) is 29.3 Å². The third-order valence-electron chi connectivity index (χ3n) is 4.03. The Balaban J connectivity index is 1.85. The summed E-state index contributed by atoms with van der Waals surface area (Å²) in [5.41, 5.74) is 3.28. The lowest BCUT2D eigenvalue weighted by atomic mass is 10.2.